The first kappa shape index (κ1) is 15.4. The third kappa shape index (κ3) is 2.85. The summed E-state index contributed by atoms with van der Waals surface area (Å²) in [5.41, 5.74) is 3.66. The molecular formula is C17H19N5OS. The maximum Gasteiger partial charge on any atom is 0.143 e. The Morgan fingerprint density at radius 3 is 3.00 bits per heavy atom. The van der Waals surface area contributed by atoms with Crippen molar-refractivity contribution in [2.24, 2.45) is 0 Å². The molecule has 6 nitrogen and oxygen atoms in total. The van der Waals surface area contributed by atoms with E-state index in [9.17, 15) is 0 Å². The quantitative estimate of drug-likeness (QED) is 0.723. The van der Waals surface area contributed by atoms with E-state index in [4.69, 9.17) is 9.51 Å². The van der Waals surface area contributed by atoms with Gasteiger partial charge in [0.15, 0.2) is 0 Å². The monoisotopic (exact) mass is 341 g/mol. The van der Waals surface area contributed by atoms with Crippen LogP contribution >= 0.6 is 11.3 Å². The first-order valence-corrected chi connectivity index (χ1v) is 8.98. The van der Waals surface area contributed by atoms with Crippen LogP contribution in [0.2, 0.25) is 0 Å². The van der Waals surface area contributed by atoms with Gasteiger partial charge in [0.1, 0.15) is 10.8 Å². The van der Waals surface area contributed by atoms with Crippen LogP contribution in [0.25, 0.3) is 11.3 Å². The Bertz CT molecular complexity index is 810. The molecule has 24 heavy (non-hydrogen) atoms. The van der Waals surface area contributed by atoms with E-state index in [0.717, 1.165) is 52.9 Å². The number of rotatable bonds is 4. The molecule has 0 radical (unpaired) electrons. The van der Waals surface area contributed by atoms with E-state index >= 15 is 0 Å². The second kappa shape index (κ2) is 6.41. The zero-order valence-corrected chi connectivity index (χ0v) is 14.6. The Kier molecular flexibility index (Phi) is 4.12. The van der Waals surface area contributed by atoms with Crippen molar-refractivity contribution in [3.63, 3.8) is 0 Å². The lowest BCUT2D eigenvalue weighted by molar-refractivity contribution is 0.244. The normalized spacial score (nSPS) is 18.3. The van der Waals surface area contributed by atoms with Crippen molar-refractivity contribution in [3.05, 3.63) is 46.1 Å². The summed E-state index contributed by atoms with van der Waals surface area (Å²) in [7, 11) is 0. The van der Waals surface area contributed by atoms with Gasteiger partial charge in [0, 0.05) is 11.6 Å². The van der Waals surface area contributed by atoms with Crippen molar-refractivity contribution in [1.29, 1.82) is 0 Å². The molecule has 0 aliphatic carbocycles. The molecule has 7 heteroatoms. The van der Waals surface area contributed by atoms with Crippen molar-refractivity contribution in [2.45, 2.75) is 39.3 Å². The topological polar surface area (TPSA) is 67.9 Å². The number of thiazole rings is 1. The highest BCUT2D eigenvalue weighted by Crippen LogP contribution is 2.33. The number of likely N-dealkylation sites (tertiary alicyclic amines) is 1. The summed E-state index contributed by atoms with van der Waals surface area (Å²) < 4.78 is 5.27. The zero-order valence-electron chi connectivity index (χ0n) is 13.8. The van der Waals surface area contributed by atoms with E-state index in [-0.39, 0.29) is 0 Å². The van der Waals surface area contributed by atoms with Gasteiger partial charge in [0.25, 0.3) is 0 Å². The summed E-state index contributed by atoms with van der Waals surface area (Å²) in [5.74, 6) is 0.782. The standard InChI is InChI=1S/C17H19N5OS/c1-11-17(12(2)23-21-11)14-9-18-8-13(20-14)15-4-3-6-22(15)10-16-19-5-7-24-16/h5,7-9,15H,3-4,6,10H2,1-2H3/t15-/m1/s1. The van der Waals surface area contributed by atoms with Crippen LogP contribution in [-0.4, -0.2) is 31.6 Å². The molecule has 3 aromatic rings. The number of aromatic nitrogens is 4. The predicted molar refractivity (Wildman–Crippen MR) is 91.5 cm³/mol. The maximum atomic E-state index is 5.27. The third-order valence-electron chi connectivity index (χ3n) is 4.47. The van der Waals surface area contributed by atoms with Gasteiger partial charge in [0.2, 0.25) is 0 Å². The van der Waals surface area contributed by atoms with Crippen molar-refractivity contribution < 1.29 is 4.52 Å². The molecule has 0 saturated carbocycles. The van der Waals surface area contributed by atoms with Crippen molar-refractivity contribution in [1.82, 2.24) is 25.0 Å². The maximum absolute atomic E-state index is 5.27. The van der Waals surface area contributed by atoms with E-state index in [2.05, 4.69) is 20.0 Å². The minimum Gasteiger partial charge on any atom is -0.361 e. The van der Waals surface area contributed by atoms with Crippen LogP contribution in [0.1, 0.15) is 41.0 Å². The SMILES string of the molecule is Cc1noc(C)c1-c1cncc([C@H]2CCCN2Cc2nccs2)n1. The molecule has 0 aromatic carbocycles. The van der Waals surface area contributed by atoms with Crippen LogP contribution in [0.5, 0.6) is 0 Å². The minimum atomic E-state index is 0.293. The van der Waals surface area contributed by atoms with E-state index in [1.54, 1.807) is 17.5 Å². The molecule has 1 saturated heterocycles. The van der Waals surface area contributed by atoms with Crippen LogP contribution < -0.4 is 0 Å². The van der Waals surface area contributed by atoms with Gasteiger partial charge in [-0.2, -0.15) is 0 Å². The average Bonchev–Trinajstić information content (AvgIpc) is 3.31. The summed E-state index contributed by atoms with van der Waals surface area (Å²) in [4.78, 5) is 16.2. The minimum absolute atomic E-state index is 0.293. The fourth-order valence-electron chi connectivity index (χ4n) is 3.37. The third-order valence-corrected chi connectivity index (χ3v) is 5.23. The van der Waals surface area contributed by atoms with E-state index in [1.165, 1.54) is 6.42 Å². The molecule has 0 spiro atoms. The molecule has 1 atom stereocenters. The van der Waals surface area contributed by atoms with Gasteiger partial charge >= 0.3 is 0 Å². The second-order valence-electron chi connectivity index (χ2n) is 6.08. The highest BCUT2D eigenvalue weighted by molar-refractivity contribution is 7.09. The molecule has 1 aliphatic rings. The smallest absolute Gasteiger partial charge is 0.143 e. The van der Waals surface area contributed by atoms with Crippen LogP contribution in [0.4, 0.5) is 0 Å². The van der Waals surface area contributed by atoms with Gasteiger partial charge in [-0.3, -0.25) is 9.88 Å². The molecule has 0 N–H and O–H groups in total. The summed E-state index contributed by atoms with van der Waals surface area (Å²) >= 11 is 1.70. The molecule has 1 fully saturated rings. The summed E-state index contributed by atoms with van der Waals surface area (Å²) in [6.07, 6.45) is 7.81. The molecule has 0 bridgehead atoms. The number of hydrogen-bond acceptors (Lipinski definition) is 7. The lowest BCUT2D eigenvalue weighted by atomic mass is 10.1. The van der Waals surface area contributed by atoms with Crippen LogP contribution in [0.15, 0.2) is 28.5 Å². The van der Waals surface area contributed by atoms with E-state index < -0.39 is 0 Å². The van der Waals surface area contributed by atoms with Crippen LogP contribution in [-0.2, 0) is 6.54 Å². The Labute approximate surface area is 144 Å². The second-order valence-corrected chi connectivity index (χ2v) is 7.06. The van der Waals surface area contributed by atoms with Gasteiger partial charge in [-0.25, -0.2) is 9.97 Å². The van der Waals surface area contributed by atoms with Gasteiger partial charge in [-0.1, -0.05) is 5.16 Å². The first-order chi connectivity index (χ1) is 11.7. The lowest BCUT2D eigenvalue weighted by Gasteiger charge is -2.23. The number of aryl methyl sites for hydroxylation is 2. The highest BCUT2D eigenvalue weighted by atomic mass is 32.1. The van der Waals surface area contributed by atoms with Crippen molar-refractivity contribution in [2.75, 3.05) is 6.54 Å². The Morgan fingerprint density at radius 1 is 1.33 bits per heavy atom. The molecule has 4 rings (SSSR count). The molecule has 1 aliphatic heterocycles. The molecule has 4 heterocycles. The van der Waals surface area contributed by atoms with Crippen molar-refractivity contribution in [3.8, 4) is 11.3 Å². The molecule has 0 amide bonds. The Hall–Kier alpha value is -2.12. The fourth-order valence-corrected chi connectivity index (χ4v) is 4.01. The Morgan fingerprint density at radius 2 is 2.25 bits per heavy atom. The van der Waals surface area contributed by atoms with Crippen LogP contribution in [0.3, 0.4) is 0 Å². The zero-order chi connectivity index (χ0) is 16.5. The molecule has 3 aromatic heterocycles. The summed E-state index contributed by atoms with van der Waals surface area (Å²) in [5, 5.41) is 7.20. The van der Waals surface area contributed by atoms with Crippen LogP contribution in [0, 0.1) is 13.8 Å². The summed E-state index contributed by atoms with van der Waals surface area (Å²) in [6, 6.07) is 0.293. The lowest BCUT2D eigenvalue weighted by Crippen LogP contribution is -2.23. The van der Waals surface area contributed by atoms with E-state index in [0.29, 0.717) is 6.04 Å². The molecule has 0 unspecified atom stereocenters. The predicted octanol–water partition coefficient (Wildman–Crippen LogP) is 3.54. The van der Waals surface area contributed by atoms with Crippen molar-refractivity contribution >= 4 is 11.3 Å². The fraction of sp³-hybridized carbons (Fsp3) is 0.412. The highest BCUT2D eigenvalue weighted by Gasteiger charge is 2.28. The average molecular weight is 341 g/mol. The number of hydrogen-bond donors (Lipinski definition) is 0. The van der Waals surface area contributed by atoms with Gasteiger partial charge in [0.05, 0.1) is 47.6 Å². The molecule has 124 valence electrons. The van der Waals surface area contributed by atoms with E-state index in [1.807, 2.05) is 31.6 Å². The first-order valence-electron chi connectivity index (χ1n) is 8.10. The summed E-state index contributed by atoms with van der Waals surface area (Å²) in [6.45, 7) is 5.79. The van der Waals surface area contributed by atoms with Gasteiger partial charge in [-0.05, 0) is 33.2 Å². The number of nitrogens with zero attached hydrogens (tertiary/aromatic N) is 5. The van der Waals surface area contributed by atoms with Gasteiger partial charge in [-0.15, -0.1) is 11.3 Å². The van der Waals surface area contributed by atoms with Gasteiger partial charge < -0.3 is 4.52 Å². The largest absolute Gasteiger partial charge is 0.361 e. The Balaban J connectivity index is 1.63. The molecular weight excluding hydrogens is 322 g/mol.